The molecule has 0 radical (unpaired) electrons. The Balaban J connectivity index is 3.03. The van der Waals surface area contributed by atoms with Crippen LogP contribution in [0.3, 0.4) is 0 Å². The fourth-order valence-electron chi connectivity index (χ4n) is 0.583. The lowest BCUT2D eigenvalue weighted by Crippen LogP contribution is -2.38. The Morgan fingerprint density at radius 3 is 2.46 bits per heavy atom. The Morgan fingerprint density at radius 1 is 1.54 bits per heavy atom. The minimum absolute atomic E-state index is 0.275. The lowest BCUT2D eigenvalue weighted by Gasteiger charge is -2.10. The molecule has 2 amide bonds. The van der Waals surface area contributed by atoms with Gasteiger partial charge in [-0.2, -0.15) is 14.3 Å². The number of amides is 2. The molecule has 0 aliphatic rings. The predicted molar refractivity (Wildman–Crippen MR) is 42.7 cm³/mol. The molecule has 0 saturated heterocycles. The fourth-order valence-corrected chi connectivity index (χ4v) is 0.971. The van der Waals surface area contributed by atoms with Crippen molar-refractivity contribution in [1.29, 1.82) is 0 Å². The number of anilines is 1. The number of nitrogens with zero attached hydrogens (tertiary/aromatic N) is 4. The van der Waals surface area contributed by atoms with Crippen LogP contribution < -0.4 is 10.0 Å². The van der Waals surface area contributed by atoms with Gasteiger partial charge < -0.3 is 5.73 Å². The molecule has 1 rings (SSSR count). The Labute approximate surface area is 75.2 Å². The van der Waals surface area contributed by atoms with Crippen LogP contribution in [0.2, 0.25) is 0 Å². The van der Waals surface area contributed by atoms with E-state index < -0.39 is 17.3 Å². The number of carbonyl (C=O) groups excluding carboxylic acids is 1. The average Bonchev–Trinajstić information content (AvgIpc) is 2.04. The zero-order valence-electron chi connectivity index (χ0n) is 6.19. The molecule has 70 valence electrons. The highest BCUT2D eigenvalue weighted by molar-refractivity contribution is 7.81. The molecule has 1 unspecified atom stereocenters. The van der Waals surface area contributed by atoms with E-state index in [0.717, 1.165) is 12.7 Å². The van der Waals surface area contributed by atoms with Gasteiger partial charge in [0.05, 0.1) is 0 Å². The lowest BCUT2D eigenvalue weighted by atomic mass is 10.9. The third kappa shape index (κ3) is 2.16. The van der Waals surface area contributed by atoms with E-state index in [4.69, 9.17) is 10.3 Å². The molecule has 0 fully saturated rings. The predicted octanol–water partition coefficient (Wildman–Crippen LogP) is -1.11. The van der Waals surface area contributed by atoms with E-state index in [1.54, 1.807) is 0 Å². The number of nitrogens with two attached hydrogens (primary N) is 1. The molecule has 0 aliphatic heterocycles. The second kappa shape index (κ2) is 3.87. The average molecular weight is 203 g/mol. The smallest absolute Gasteiger partial charge is 0.335 e. The maximum absolute atomic E-state index is 10.6. The molecule has 1 aromatic heterocycles. The van der Waals surface area contributed by atoms with Gasteiger partial charge in [0, 0.05) is 0 Å². The topological polar surface area (TPSA) is 122 Å². The normalized spacial score (nSPS) is 12.1. The van der Waals surface area contributed by atoms with Crippen LogP contribution in [0.1, 0.15) is 0 Å². The summed E-state index contributed by atoms with van der Waals surface area (Å²) in [7, 11) is 0. The van der Waals surface area contributed by atoms with E-state index in [2.05, 4.69) is 15.0 Å². The summed E-state index contributed by atoms with van der Waals surface area (Å²) in [5, 5.41) is 0. The first-order valence-electron chi connectivity index (χ1n) is 2.95. The quantitative estimate of drug-likeness (QED) is 0.588. The maximum atomic E-state index is 10.6. The fraction of sp³-hybridized carbons (Fsp3) is 0. The highest BCUT2D eigenvalue weighted by atomic mass is 32.2. The van der Waals surface area contributed by atoms with Gasteiger partial charge in [0.25, 0.3) is 17.2 Å². The third-order valence-electron chi connectivity index (χ3n) is 1.02. The molecule has 9 heteroatoms. The van der Waals surface area contributed by atoms with Gasteiger partial charge in [0.2, 0.25) is 0 Å². The van der Waals surface area contributed by atoms with E-state index >= 15 is 0 Å². The Bertz CT molecular complexity index is 316. The molecule has 0 bridgehead atoms. The molecule has 0 aliphatic carbocycles. The van der Waals surface area contributed by atoms with Gasteiger partial charge >= 0.3 is 6.03 Å². The molecule has 0 spiro atoms. The first-order valence-corrected chi connectivity index (χ1v) is 4.02. The van der Waals surface area contributed by atoms with Gasteiger partial charge in [-0.05, 0) is 0 Å². The highest BCUT2D eigenvalue weighted by Gasteiger charge is 2.20. The van der Waals surface area contributed by atoms with Gasteiger partial charge in [0.1, 0.15) is 12.7 Å². The van der Waals surface area contributed by atoms with Crippen molar-refractivity contribution in [1.82, 2.24) is 15.0 Å². The molecule has 0 aromatic carbocycles. The molecule has 13 heavy (non-hydrogen) atoms. The molecule has 0 saturated carbocycles. The van der Waals surface area contributed by atoms with Crippen LogP contribution in [-0.4, -0.2) is 29.7 Å². The van der Waals surface area contributed by atoms with E-state index in [0.29, 0.717) is 4.31 Å². The van der Waals surface area contributed by atoms with Crippen molar-refractivity contribution < 1.29 is 13.6 Å². The van der Waals surface area contributed by atoms with E-state index in [1.165, 1.54) is 0 Å². The Hall–Kier alpha value is -1.61. The van der Waals surface area contributed by atoms with Crippen molar-refractivity contribution in [3.63, 3.8) is 0 Å². The van der Waals surface area contributed by atoms with Gasteiger partial charge in [-0.15, -0.1) is 0 Å². The first-order chi connectivity index (χ1) is 6.13. The summed E-state index contributed by atoms with van der Waals surface area (Å²) in [6, 6.07) is -1.12. The Kier molecular flexibility index (Phi) is 2.82. The number of urea groups is 1. The van der Waals surface area contributed by atoms with Crippen molar-refractivity contribution in [2.45, 2.75) is 0 Å². The number of primary amides is 1. The van der Waals surface area contributed by atoms with Crippen LogP contribution in [-0.2, 0) is 11.3 Å². The van der Waals surface area contributed by atoms with Crippen molar-refractivity contribution in [3.8, 4) is 0 Å². The summed E-state index contributed by atoms with van der Waals surface area (Å²) in [6.07, 6.45) is 2.15. The summed E-state index contributed by atoms with van der Waals surface area (Å²) in [5.74, 6) is -0.275. The summed E-state index contributed by atoms with van der Waals surface area (Å²) < 4.78 is 19.5. The largest absolute Gasteiger partial charge is 0.350 e. The minimum Gasteiger partial charge on any atom is -0.350 e. The minimum atomic E-state index is -2.58. The number of rotatable bonds is 2. The van der Waals surface area contributed by atoms with Gasteiger partial charge in [-0.1, -0.05) is 0 Å². The molecular weight excluding hydrogens is 198 g/mol. The van der Waals surface area contributed by atoms with Crippen LogP contribution >= 0.6 is 0 Å². The molecule has 8 nitrogen and oxygen atoms in total. The van der Waals surface area contributed by atoms with Gasteiger partial charge in [-0.25, -0.2) is 14.0 Å². The summed E-state index contributed by atoms with van der Waals surface area (Å²) in [4.78, 5) is 21.0. The number of hydrogen-bond donors (Lipinski definition) is 2. The van der Waals surface area contributed by atoms with Crippen molar-refractivity contribution in [3.05, 3.63) is 12.7 Å². The zero-order chi connectivity index (χ0) is 9.84. The SMILES string of the molecule is NC(=O)N(c1ncncn1)S(=O)O. The highest BCUT2D eigenvalue weighted by Crippen LogP contribution is 2.04. The zero-order valence-corrected chi connectivity index (χ0v) is 7.01. The molecular formula is C4H5N5O3S. The monoisotopic (exact) mass is 203 g/mol. The van der Waals surface area contributed by atoms with Crippen LogP contribution in [0.15, 0.2) is 12.7 Å². The summed E-state index contributed by atoms with van der Waals surface area (Å²) in [6.45, 7) is 0. The molecule has 3 N–H and O–H groups in total. The van der Waals surface area contributed by atoms with E-state index in [1.807, 2.05) is 0 Å². The van der Waals surface area contributed by atoms with Crippen LogP contribution in [0.25, 0.3) is 0 Å². The van der Waals surface area contributed by atoms with Crippen molar-refractivity contribution in [2.24, 2.45) is 5.73 Å². The molecule has 1 heterocycles. The third-order valence-corrected chi connectivity index (χ3v) is 1.67. The molecule has 1 aromatic rings. The Morgan fingerprint density at radius 2 is 2.08 bits per heavy atom. The van der Waals surface area contributed by atoms with E-state index in [-0.39, 0.29) is 5.95 Å². The first kappa shape index (κ1) is 9.48. The van der Waals surface area contributed by atoms with Gasteiger partial charge in [-0.3, -0.25) is 4.55 Å². The molecule has 1 atom stereocenters. The standard InChI is InChI=1S/C4H5N5O3S/c5-3(10)9(13(11)12)4-7-1-6-2-8-4/h1-2H,(H2,5,10)(H,11,12). The van der Waals surface area contributed by atoms with Crippen molar-refractivity contribution in [2.75, 3.05) is 4.31 Å². The second-order valence-corrected chi connectivity index (χ2v) is 2.63. The number of aromatic nitrogens is 3. The van der Waals surface area contributed by atoms with Crippen molar-refractivity contribution >= 4 is 23.2 Å². The van der Waals surface area contributed by atoms with Gasteiger partial charge in [0.15, 0.2) is 0 Å². The van der Waals surface area contributed by atoms with Crippen LogP contribution in [0.5, 0.6) is 0 Å². The van der Waals surface area contributed by atoms with Crippen LogP contribution in [0.4, 0.5) is 10.7 Å². The maximum Gasteiger partial charge on any atom is 0.335 e. The number of hydrogen-bond acceptors (Lipinski definition) is 5. The van der Waals surface area contributed by atoms with E-state index in [9.17, 15) is 9.00 Å². The lowest BCUT2D eigenvalue weighted by molar-refractivity contribution is 0.256. The summed E-state index contributed by atoms with van der Waals surface area (Å²) in [5.41, 5.74) is 4.80. The second-order valence-electron chi connectivity index (χ2n) is 1.80. The number of carbonyl (C=O) groups is 1. The van der Waals surface area contributed by atoms with Crippen LogP contribution in [0, 0.1) is 0 Å². The summed E-state index contributed by atoms with van der Waals surface area (Å²) >= 11 is -2.58.